The number of phenols is 5. The molecule has 0 bridgehead atoms. The average Bonchev–Trinajstić information content (AvgIpc) is 2.87. The van der Waals surface area contributed by atoms with Gasteiger partial charge in [-0.1, -0.05) is 42.5 Å². The summed E-state index contributed by atoms with van der Waals surface area (Å²) in [5.41, 5.74) is 5.21. The second-order valence-corrected chi connectivity index (χ2v) is 9.06. The fourth-order valence-electron chi connectivity index (χ4n) is 4.66. The van der Waals surface area contributed by atoms with E-state index in [-0.39, 0.29) is 28.7 Å². The molecule has 5 heteroatoms. The molecule has 36 heavy (non-hydrogen) atoms. The molecule has 5 N–H and O–H groups in total. The van der Waals surface area contributed by atoms with Crippen molar-refractivity contribution in [2.75, 3.05) is 0 Å². The Labute approximate surface area is 208 Å². The van der Waals surface area contributed by atoms with Crippen LogP contribution in [0.3, 0.4) is 0 Å². The van der Waals surface area contributed by atoms with Crippen LogP contribution in [0.4, 0.5) is 0 Å². The van der Waals surface area contributed by atoms with Crippen LogP contribution in [0.5, 0.6) is 28.7 Å². The topological polar surface area (TPSA) is 101 Å². The maximum absolute atomic E-state index is 11.3. The lowest BCUT2D eigenvalue weighted by atomic mass is 9.88. The molecule has 0 aliphatic carbocycles. The van der Waals surface area contributed by atoms with Crippen molar-refractivity contribution in [2.24, 2.45) is 0 Å². The zero-order chi connectivity index (χ0) is 25.2. The number of hydrogen-bond donors (Lipinski definition) is 5. The fraction of sp³-hybridized carbons (Fsp3) is 0.0968. The van der Waals surface area contributed by atoms with E-state index < -0.39 is 0 Å². The third-order valence-electron chi connectivity index (χ3n) is 6.50. The smallest absolute Gasteiger partial charge is 0.126 e. The van der Waals surface area contributed by atoms with Gasteiger partial charge >= 0.3 is 0 Å². The molecule has 0 radical (unpaired) electrons. The van der Waals surface area contributed by atoms with Gasteiger partial charge in [0.2, 0.25) is 0 Å². The van der Waals surface area contributed by atoms with Crippen LogP contribution in [-0.2, 0) is 19.3 Å². The van der Waals surface area contributed by atoms with E-state index in [1.165, 1.54) is 0 Å². The molecule has 0 amide bonds. The molecule has 5 aromatic rings. The summed E-state index contributed by atoms with van der Waals surface area (Å²) < 4.78 is 0. The Balaban J connectivity index is 1.68. The standard InChI is InChI=1S/C31H26O5/c32-24-7-1-19(2-8-24)15-22-18-23(16-20-3-9-25(33)10-4-20)31(36)27-13-14-29(35)28(30(22)27)17-21-5-11-26(34)12-6-21/h1-14,18,32-36H,15-17H2. The molecule has 0 heterocycles. The predicted octanol–water partition coefficient (Wildman–Crippen LogP) is 6.14. The second-order valence-electron chi connectivity index (χ2n) is 9.06. The van der Waals surface area contributed by atoms with E-state index in [1.54, 1.807) is 48.5 Å². The van der Waals surface area contributed by atoms with Gasteiger partial charge in [-0.05, 0) is 88.2 Å². The summed E-state index contributed by atoms with van der Waals surface area (Å²) in [5, 5.41) is 52.6. The predicted molar refractivity (Wildman–Crippen MR) is 140 cm³/mol. The SMILES string of the molecule is Oc1ccc(Cc2cc(Cc3ccc(O)cc3)c3c(Cc4ccc(O)cc4)c(O)ccc3c2O)cc1. The van der Waals surface area contributed by atoms with E-state index in [9.17, 15) is 25.5 Å². The largest absolute Gasteiger partial charge is 0.508 e. The van der Waals surface area contributed by atoms with Gasteiger partial charge in [0.05, 0.1) is 0 Å². The van der Waals surface area contributed by atoms with Crippen LogP contribution in [0.25, 0.3) is 10.8 Å². The van der Waals surface area contributed by atoms with E-state index >= 15 is 0 Å². The fourth-order valence-corrected chi connectivity index (χ4v) is 4.66. The normalized spacial score (nSPS) is 11.1. The van der Waals surface area contributed by atoms with Gasteiger partial charge in [0, 0.05) is 23.8 Å². The van der Waals surface area contributed by atoms with Crippen molar-refractivity contribution in [2.45, 2.75) is 19.3 Å². The second kappa shape index (κ2) is 9.55. The molecule has 0 atom stereocenters. The molecule has 0 spiro atoms. The van der Waals surface area contributed by atoms with Gasteiger partial charge in [-0.2, -0.15) is 0 Å². The van der Waals surface area contributed by atoms with E-state index in [0.717, 1.165) is 33.2 Å². The van der Waals surface area contributed by atoms with Crippen molar-refractivity contribution in [1.82, 2.24) is 0 Å². The molecule has 0 fully saturated rings. The van der Waals surface area contributed by atoms with Gasteiger partial charge in [0.15, 0.2) is 0 Å². The van der Waals surface area contributed by atoms with Gasteiger partial charge in [-0.25, -0.2) is 0 Å². The van der Waals surface area contributed by atoms with E-state index in [2.05, 4.69) is 0 Å². The molecule has 180 valence electrons. The highest BCUT2D eigenvalue weighted by atomic mass is 16.3. The number of aromatic hydroxyl groups is 5. The lowest BCUT2D eigenvalue weighted by Crippen LogP contribution is -2.00. The number of phenolic OH excluding ortho intramolecular Hbond substituents is 5. The van der Waals surface area contributed by atoms with Crippen LogP contribution >= 0.6 is 0 Å². The number of hydrogen-bond acceptors (Lipinski definition) is 5. The minimum Gasteiger partial charge on any atom is -0.508 e. The summed E-state index contributed by atoms with van der Waals surface area (Å²) in [6, 6.07) is 26.1. The molecule has 0 aromatic heterocycles. The third kappa shape index (κ3) is 4.77. The quantitative estimate of drug-likeness (QED) is 0.202. The highest BCUT2D eigenvalue weighted by Crippen LogP contribution is 2.40. The Morgan fingerprint density at radius 2 is 0.889 bits per heavy atom. The lowest BCUT2D eigenvalue weighted by Gasteiger charge is -2.18. The molecule has 0 saturated carbocycles. The van der Waals surface area contributed by atoms with Crippen LogP contribution in [0.1, 0.15) is 33.4 Å². The van der Waals surface area contributed by atoms with Gasteiger partial charge in [0.1, 0.15) is 28.7 Å². The first-order chi connectivity index (χ1) is 17.4. The molecule has 5 rings (SSSR count). The summed E-state index contributed by atoms with van der Waals surface area (Å²) in [6.07, 6.45) is 1.42. The van der Waals surface area contributed by atoms with Crippen LogP contribution < -0.4 is 0 Å². The van der Waals surface area contributed by atoms with Crippen LogP contribution in [-0.4, -0.2) is 25.5 Å². The van der Waals surface area contributed by atoms with Crippen LogP contribution in [0, 0.1) is 0 Å². The molecule has 0 saturated heterocycles. The van der Waals surface area contributed by atoms with Crippen molar-refractivity contribution in [3.8, 4) is 28.7 Å². The summed E-state index contributed by atoms with van der Waals surface area (Å²) >= 11 is 0. The Hall–Kier alpha value is -4.64. The van der Waals surface area contributed by atoms with Crippen LogP contribution in [0.15, 0.2) is 91.0 Å². The highest BCUT2D eigenvalue weighted by molar-refractivity contribution is 5.96. The maximum Gasteiger partial charge on any atom is 0.126 e. The monoisotopic (exact) mass is 478 g/mol. The number of fused-ring (bicyclic) bond motifs is 1. The maximum atomic E-state index is 11.3. The van der Waals surface area contributed by atoms with E-state index in [1.807, 2.05) is 42.5 Å². The molecular weight excluding hydrogens is 452 g/mol. The van der Waals surface area contributed by atoms with E-state index in [0.29, 0.717) is 30.2 Å². The lowest BCUT2D eigenvalue weighted by molar-refractivity contribution is 0.469. The van der Waals surface area contributed by atoms with Crippen LogP contribution in [0.2, 0.25) is 0 Å². The van der Waals surface area contributed by atoms with Gasteiger partial charge in [-0.15, -0.1) is 0 Å². The number of benzene rings is 5. The summed E-state index contributed by atoms with van der Waals surface area (Å²) in [7, 11) is 0. The average molecular weight is 479 g/mol. The Kier molecular flexibility index (Phi) is 6.13. The molecule has 5 aromatic carbocycles. The minimum atomic E-state index is 0.133. The first-order valence-corrected chi connectivity index (χ1v) is 11.7. The first-order valence-electron chi connectivity index (χ1n) is 11.7. The highest BCUT2D eigenvalue weighted by Gasteiger charge is 2.18. The summed E-state index contributed by atoms with van der Waals surface area (Å²) in [5.74, 6) is 0.829. The van der Waals surface area contributed by atoms with Gasteiger partial charge in [0.25, 0.3) is 0 Å². The minimum absolute atomic E-state index is 0.133. The van der Waals surface area contributed by atoms with Crippen molar-refractivity contribution >= 4 is 10.8 Å². The molecule has 0 aliphatic rings. The Morgan fingerprint density at radius 1 is 0.444 bits per heavy atom. The van der Waals surface area contributed by atoms with Crippen molar-refractivity contribution in [1.29, 1.82) is 0 Å². The van der Waals surface area contributed by atoms with Gasteiger partial charge in [-0.3, -0.25) is 0 Å². The van der Waals surface area contributed by atoms with Crippen molar-refractivity contribution < 1.29 is 25.5 Å². The molecule has 0 unspecified atom stereocenters. The number of rotatable bonds is 6. The first kappa shape index (κ1) is 23.1. The zero-order valence-corrected chi connectivity index (χ0v) is 19.5. The summed E-state index contributed by atoms with van der Waals surface area (Å²) in [4.78, 5) is 0. The zero-order valence-electron chi connectivity index (χ0n) is 19.5. The Morgan fingerprint density at radius 3 is 1.39 bits per heavy atom. The van der Waals surface area contributed by atoms with Gasteiger partial charge < -0.3 is 25.5 Å². The molecule has 0 aliphatic heterocycles. The Bertz CT molecular complexity index is 1520. The molecular formula is C31H26O5. The van der Waals surface area contributed by atoms with E-state index in [4.69, 9.17) is 0 Å². The third-order valence-corrected chi connectivity index (χ3v) is 6.50. The van der Waals surface area contributed by atoms with Crippen molar-refractivity contribution in [3.63, 3.8) is 0 Å². The summed E-state index contributed by atoms with van der Waals surface area (Å²) in [6.45, 7) is 0. The van der Waals surface area contributed by atoms with Crippen molar-refractivity contribution in [3.05, 3.63) is 124 Å². The molecule has 5 nitrogen and oxygen atoms in total.